The van der Waals surface area contributed by atoms with Gasteiger partial charge in [0.1, 0.15) is 42.9 Å². The van der Waals surface area contributed by atoms with Gasteiger partial charge >= 0.3 is 0 Å². The first-order valence-corrected chi connectivity index (χ1v) is 47.4. The Morgan fingerprint density at radius 1 is 0.567 bits per heavy atom. The standard InChI is InChI=1S/C27H34BrN2O2.C24H28N2O3.C19H24NO2.C18H22NO3S.2C5H10.CH4O4S.Fe.3HI.Ru/c1-5-29(19-8-7-18-28)22-15-12-21(13-16-22)14-17-25-27(3,4)23-10-9-11-24(32-20-31)26(23)30(25)6-2;1-6-25(5)18-11-8-17(9-12-18)10-15-21-24(3,4)22-19(26(21)7-2)13-14-20(28)23(22)29-16-27;1-19(2)16-12-15(22-13-21)9-10-17(16)20(3)18(19)11-8-14-6-4-5-7-14;1-21-11-10-19-16-8-7-15(22-13-20)12-17(16)23-18(19)9-6-14-4-2-3-5-14;2*1-2-4-5-3-1;1-6(3,4)5-2;;;;;/h9-17,20H,5-8,18-19H2,1-4H3;8-16H,6-7H2,1-5H3;8-14H,4-7H2,1-3H3;6-9,12-14H,2-5,10-11H2,1H3;2*1-5H2;2H,1H3;;3*1H;/q+1;;2*+1;;;;;;;;/p-3/b;;11-8+;9-6+;;;;;;;;. The third-order valence-electron chi connectivity index (χ3n) is 24.0. The number of carbonyl (C=O) groups excluding carboxylic acids is 4. The summed E-state index contributed by atoms with van der Waals surface area (Å²) in [4.78, 5) is 47.7. The summed E-state index contributed by atoms with van der Waals surface area (Å²) in [5.41, 5.74) is 15.1. The number of phenolic OH excluding ortho intramolecular Hbond substituents is 1. The van der Waals surface area contributed by atoms with Crippen LogP contribution >= 0.6 is 27.3 Å². The maximum absolute atomic E-state index is 11.0. The predicted molar refractivity (Wildman–Crippen MR) is 498 cm³/mol. The number of aromatic nitrogens is 1. The van der Waals surface area contributed by atoms with E-state index in [1.54, 1.807) is 24.5 Å². The van der Waals surface area contributed by atoms with Crippen molar-refractivity contribution < 1.29 is 193 Å². The second-order valence-electron chi connectivity index (χ2n) is 33.2. The van der Waals surface area contributed by atoms with Crippen LogP contribution in [0.15, 0.2) is 146 Å². The normalized spacial score (nSPS) is 16.0. The fourth-order valence-corrected chi connectivity index (χ4v) is 18.7. The maximum atomic E-state index is 11.0. The van der Waals surface area contributed by atoms with E-state index in [0.717, 1.165) is 88.9 Å². The summed E-state index contributed by atoms with van der Waals surface area (Å²) in [6.07, 6.45) is 46.6. The number of unbranched alkanes of at least 4 members (excludes halogenated alkanes) is 1. The number of benzene rings is 6. The molecule has 0 amide bonds. The molecule has 28 heteroatoms. The van der Waals surface area contributed by atoms with Crippen LogP contribution in [0.4, 0.5) is 28.4 Å². The fraction of sp³-hybridized carbons (Fsp3) is 0.475. The summed E-state index contributed by atoms with van der Waals surface area (Å²) in [6.45, 7) is 29.5. The Hall–Kier alpha value is -5.90. The van der Waals surface area contributed by atoms with E-state index in [0.29, 0.717) is 61.9 Å². The van der Waals surface area contributed by atoms with Gasteiger partial charge in [-0.1, -0.05) is 166 Å². The zero-order valence-corrected chi connectivity index (χ0v) is 88.9. The van der Waals surface area contributed by atoms with Crippen molar-refractivity contribution in [3.63, 3.8) is 0 Å². The minimum atomic E-state index is -3.72. The van der Waals surface area contributed by atoms with Gasteiger partial charge in [-0.3, -0.25) is 19.2 Å². The summed E-state index contributed by atoms with van der Waals surface area (Å²) in [6, 6.07) is 38.3. The predicted octanol–water partition coefficient (Wildman–Crippen LogP) is 11.5. The number of carbonyl (C=O) groups is 4. The number of thiazole rings is 1. The van der Waals surface area contributed by atoms with Crippen molar-refractivity contribution in [2.75, 3.05) is 81.9 Å². The van der Waals surface area contributed by atoms with Gasteiger partial charge in [-0.25, -0.2) is 8.42 Å². The van der Waals surface area contributed by atoms with Crippen LogP contribution in [-0.2, 0) is 97.7 Å². The molecular weight excluding hydrogens is 2180 g/mol. The number of phenols is 1. The number of anilines is 2. The number of nitrogens with zero attached hydrogens (tertiary/aromatic N) is 6. The van der Waals surface area contributed by atoms with Crippen molar-refractivity contribution in [1.29, 1.82) is 0 Å². The number of methoxy groups -OCH3 is 1. The first kappa shape index (κ1) is 115. The summed E-state index contributed by atoms with van der Waals surface area (Å²) >= 11 is 5.24. The SMILES string of the molecule is C1CCCC1.C1CCCC1.CCN(C)c1ccc(/C=C/C2=[N+](CC)c3ccc(O)c(OC=O)c3C2(C)C)cc1.CCN(CCCCBr)c1ccc(/C=C/C2=[N+](CC)c3c(OC=O)cccc3C2(C)C)cc1.COCC[n+]1c(/C=C/C2CCCC2)sc2cc(OC=O)ccc21.CS(=O)(=O)O[O-].C[N+]1=C(/C=C/C2CCCC2)C(C)(C)c2cc(OC=O)ccc21.[Fe].[I-].[I-].[I-].[Ru]. The van der Waals surface area contributed by atoms with Gasteiger partial charge in [0.2, 0.25) is 22.6 Å². The third kappa shape index (κ3) is 32.5. The number of rotatable bonds is 30. The Balaban J connectivity index is 0.000000408. The van der Waals surface area contributed by atoms with Crippen LogP contribution in [0.1, 0.15) is 230 Å². The molecule has 4 aliphatic carbocycles. The largest absolute Gasteiger partial charge is 1.00 e. The maximum Gasteiger partial charge on any atom is 0.298 e. The molecule has 4 fully saturated rings. The number of para-hydroxylation sites is 1. The molecule has 0 saturated heterocycles. The van der Waals surface area contributed by atoms with Crippen LogP contribution < -0.4 is 111 Å². The second-order valence-corrected chi connectivity index (χ2v) is 36.6. The number of hydrogen-bond donors (Lipinski definition) is 1. The molecule has 7 aromatic rings. The second kappa shape index (κ2) is 58.2. The monoisotopic (exact) mass is 2310 g/mol. The van der Waals surface area contributed by atoms with Gasteiger partial charge < -0.3 is 120 Å². The molecule has 698 valence electrons. The van der Waals surface area contributed by atoms with E-state index in [2.05, 4.69) is 235 Å². The van der Waals surface area contributed by atoms with Crippen LogP contribution in [0.5, 0.6) is 28.7 Å². The van der Waals surface area contributed by atoms with E-state index >= 15 is 0 Å². The number of ether oxygens (including phenoxy) is 5. The molecule has 3 aliphatic heterocycles. The zero-order chi connectivity index (χ0) is 88.4. The molecule has 0 bridgehead atoms. The molecule has 0 unspecified atom stereocenters. The molecule has 14 rings (SSSR count). The van der Waals surface area contributed by atoms with Crippen molar-refractivity contribution in [1.82, 2.24) is 0 Å². The number of fused-ring (bicyclic) bond motifs is 4. The van der Waals surface area contributed by atoms with Crippen LogP contribution in [0.25, 0.3) is 28.4 Å². The van der Waals surface area contributed by atoms with Crippen LogP contribution in [-0.4, -0.2) is 142 Å². The first-order valence-electron chi connectivity index (χ1n) is 43.6. The Labute approximate surface area is 843 Å². The minimum Gasteiger partial charge on any atom is -1.00 e. The van der Waals surface area contributed by atoms with Gasteiger partial charge in [0, 0.05) is 147 Å². The molecule has 20 nitrogen and oxygen atoms in total. The topological polar surface area (TPSA) is 220 Å². The van der Waals surface area contributed by atoms with Crippen molar-refractivity contribution in [2.45, 2.75) is 220 Å². The quantitative estimate of drug-likeness (QED) is 0.00646. The summed E-state index contributed by atoms with van der Waals surface area (Å²) in [7, 11) is 2.19. The molecule has 7 aliphatic rings. The van der Waals surface area contributed by atoms with Gasteiger partial charge in [-0.05, 0) is 197 Å². The van der Waals surface area contributed by atoms with Gasteiger partial charge in [0.15, 0.2) is 35.2 Å². The van der Waals surface area contributed by atoms with E-state index in [1.807, 2.05) is 54.6 Å². The van der Waals surface area contributed by atoms with E-state index in [1.165, 1.54) is 179 Å². The Bertz CT molecular complexity index is 4940. The number of aromatic hydroxyl groups is 1. The number of allylic oxidation sites excluding steroid dienone is 5. The van der Waals surface area contributed by atoms with E-state index in [-0.39, 0.29) is 131 Å². The summed E-state index contributed by atoms with van der Waals surface area (Å²) in [5.74, 6) is 3.45. The Morgan fingerprint density at radius 3 is 1.54 bits per heavy atom. The smallest absolute Gasteiger partial charge is 0.298 e. The molecule has 1 N–H and O–H groups in total. The molecule has 4 saturated carbocycles. The average molecular weight is 2310 g/mol. The molecule has 0 spiro atoms. The summed E-state index contributed by atoms with van der Waals surface area (Å²) in [5, 5.41) is 21.4. The van der Waals surface area contributed by atoms with E-state index in [9.17, 15) is 32.7 Å². The van der Waals surface area contributed by atoms with Gasteiger partial charge in [-0.2, -0.15) is 18.3 Å². The fourth-order valence-electron chi connectivity index (χ4n) is 17.2. The van der Waals surface area contributed by atoms with Crippen molar-refractivity contribution in [2.24, 2.45) is 11.8 Å². The van der Waals surface area contributed by atoms with Crippen LogP contribution in [0.3, 0.4) is 0 Å². The molecule has 1 aromatic heterocycles. The van der Waals surface area contributed by atoms with Crippen molar-refractivity contribution in [3.8, 4) is 28.7 Å². The van der Waals surface area contributed by atoms with Crippen molar-refractivity contribution in [3.05, 3.63) is 178 Å². The Morgan fingerprint density at radius 2 is 1.06 bits per heavy atom. The van der Waals surface area contributed by atoms with Crippen LogP contribution in [0, 0.1) is 11.8 Å². The van der Waals surface area contributed by atoms with E-state index < -0.39 is 15.5 Å². The molecule has 4 heterocycles. The minimum absolute atomic E-state index is 0. The Kier molecular flexibility index (Phi) is 52.8. The summed E-state index contributed by atoms with van der Waals surface area (Å²) < 4.78 is 57.4. The molecule has 127 heavy (non-hydrogen) atoms. The molecular formula is C99H132BrFeI3N6O14RuS2. The zero-order valence-electron chi connectivity index (χ0n) is 76.3. The number of alkyl halides is 1. The van der Waals surface area contributed by atoms with Gasteiger partial charge in [0.05, 0.1) is 28.1 Å². The third-order valence-corrected chi connectivity index (χ3v) is 25.9. The van der Waals surface area contributed by atoms with Gasteiger partial charge in [-0.15, -0.1) is 0 Å². The van der Waals surface area contributed by atoms with Gasteiger partial charge in [0.25, 0.3) is 46.7 Å². The van der Waals surface area contributed by atoms with Crippen molar-refractivity contribution >= 4 is 137 Å². The molecule has 0 radical (unpaired) electrons. The first-order chi connectivity index (χ1) is 58.7. The van der Waals surface area contributed by atoms with E-state index in [4.69, 9.17) is 28.9 Å². The average Bonchev–Trinajstić information content (AvgIpc) is 1.59. The molecule has 6 aromatic carbocycles. The number of halogens is 4. The number of hydrogen-bond acceptors (Lipinski definition) is 17. The molecule has 0 atom stereocenters. The van der Waals surface area contributed by atoms with Crippen LogP contribution in [0.2, 0.25) is 0 Å².